The van der Waals surface area contributed by atoms with Gasteiger partial charge in [0.25, 0.3) is 5.69 Å². The summed E-state index contributed by atoms with van der Waals surface area (Å²) >= 11 is 2.96. The SMILES string of the molecule is CC(C)(C)OC(=O)N1CC=C(c2ccc(C(O)Nc3cc(-c4cccs4)ccc3[N+](=O)[O-])s2)CC1. The fraction of sp³-hybridized carbons (Fsp3) is 0.320. The Hall–Kier alpha value is -3.21. The highest BCUT2D eigenvalue weighted by Gasteiger charge is 2.25. The van der Waals surface area contributed by atoms with E-state index < -0.39 is 16.8 Å². The van der Waals surface area contributed by atoms with Gasteiger partial charge in [0.15, 0.2) is 6.23 Å². The lowest BCUT2D eigenvalue weighted by molar-refractivity contribution is -0.384. The van der Waals surface area contributed by atoms with Gasteiger partial charge >= 0.3 is 6.09 Å². The largest absolute Gasteiger partial charge is 0.444 e. The summed E-state index contributed by atoms with van der Waals surface area (Å²) in [6, 6.07) is 12.5. The molecule has 184 valence electrons. The van der Waals surface area contributed by atoms with Crippen LogP contribution < -0.4 is 5.32 Å². The lowest BCUT2D eigenvalue weighted by Crippen LogP contribution is -2.39. The number of nitrogens with zero attached hydrogens (tertiary/aromatic N) is 2. The summed E-state index contributed by atoms with van der Waals surface area (Å²) in [6.45, 7) is 6.54. The van der Waals surface area contributed by atoms with Crippen molar-refractivity contribution >= 4 is 45.7 Å². The molecule has 0 saturated carbocycles. The maximum Gasteiger partial charge on any atom is 0.410 e. The molecule has 1 unspecified atom stereocenters. The van der Waals surface area contributed by atoms with Crippen molar-refractivity contribution in [1.82, 2.24) is 4.90 Å². The molecule has 3 aromatic rings. The Morgan fingerprint density at radius 2 is 2.03 bits per heavy atom. The van der Waals surface area contributed by atoms with Crippen LogP contribution >= 0.6 is 22.7 Å². The average molecular weight is 514 g/mol. The molecule has 0 fully saturated rings. The Balaban J connectivity index is 1.47. The fourth-order valence-electron chi connectivity index (χ4n) is 3.68. The summed E-state index contributed by atoms with van der Waals surface area (Å²) in [6.07, 6.45) is 1.24. The summed E-state index contributed by atoms with van der Waals surface area (Å²) in [5.74, 6) is 0. The summed E-state index contributed by atoms with van der Waals surface area (Å²) < 4.78 is 5.44. The van der Waals surface area contributed by atoms with Crippen LogP contribution in [0.15, 0.2) is 53.9 Å². The summed E-state index contributed by atoms with van der Waals surface area (Å²) in [4.78, 5) is 27.7. The van der Waals surface area contributed by atoms with Gasteiger partial charge in [-0.2, -0.15) is 0 Å². The van der Waals surface area contributed by atoms with Crippen LogP contribution in [-0.2, 0) is 4.74 Å². The van der Waals surface area contributed by atoms with Crippen molar-refractivity contribution in [2.24, 2.45) is 0 Å². The highest BCUT2D eigenvalue weighted by molar-refractivity contribution is 7.13. The Labute approximate surface area is 211 Å². The highest BCUT2D eigenvalue weighted by Crippen LogP contribution is 2.36. The van der Waals surface area contributed by atoms with Crippen molar-refractivity contribution in [1.29, 1.82) is 0 Å². The minimum Gasteiger partial charge on any atom is -0.444 e. The lowest BCUT2D eigenvalue weighted by Gasteiger charge is -2.29. The van der Waals surface area contributed by atoms with Crippen molar-refractivity contribution in [3.63, 3.8) is 0 Å². The number of hydrogen-bond acceptors (Lipinski definition) is 8. The first-order chi connectivity index (χ1) is 16.6. The first-order valence-corrected chi connectivity index (χ1v) is 12.8. The molecule has 1 amide bonds. The van der Waals surface area contributed by atoms with Crippen molar-refractivity contribution in [2.75, 3.05) is 18.4 Å². The zero-order valence-electron chi connectivity index (χ0n) is 19.7. The van der Waals surface area contributed by atoms with Crippen LogP contribution in [0.3, 0.4) is 0 Å². The van der Waals surface area contributed by atoms with Crippen LogP contribution in [-0.4, -0.2) is 39.7 Å². The van der Waals surface area contributed by atoms with Gasteiger partial charge < -0.3 is 20.1 Å². The third-order valence-corrected chi connectivity index (χ3v) is 7.50. The van der Waals surface area contributed by atoms with E-state index in [9.17, 15) is 20.0 Å². The molecule has 1 aliphatic heterocycles. The molecular formula is C25H27N3O5S2. The number of carbonyl (C=O) groups excluding carboxylic acids is 1. The average Bonchev–Trinajstić information content (AvgIpc) is 3.50. The summed E-state index contributed by atoms with van der Waals surface area (Å²) in [5.41, 5.74) is 1.56. The van der Waals surface area contributed by atoms with E-state index in [2.05, 4.69) is 5.32 Å². The first-order valence-electron chi connectivity index (χ1n) is 11.1. The smallest absolute Gasteiger partial charge is 0.410 e. The zero-order valence-corrected chi connectivity index (χ0v) is 21.3. The van der Waals surface area contributed by atoms with E-state index in [1.807, 2.05) is 56.5 Å². The highest BCUT2D eigenvalue weighted by atomic mass is 32.1. The Morgan fingerprint density at radius 1 is 1.23 bits per heavy atom. The molecule has 0 saturated heterocycles. The zero-order chi connectivity index (χ0) is 25.2. The fourth-order valence-corrected chi connectivity index (χ4v) is 5.42. The molecule has 1 atom stereocenters. The number of aliphatic hydroxyl groups is 1. The second-order valence-corrected chi connectivity index (χ2v) is 11.2. The van der Waals surface area contributed by atoms with Crippen molar-refractivity contribution in [3.8, 4) is 10.4 Å². The maximum atomic E-state index is 12.3. The Bertz CT molecular complexity index is 1240. The van der Waals surface area contributed by atoms with Crippen molar-refractivity contribution in [3.05, 3.63) is 73.8 Å². The maximum absolute atomic E-state index is 12.3. The molecule has 10 heteroatoms. The second-order valence-electron chi connectivity index (χ2n) is 9.12. The number of thiophene rings is 2. The van der Waals surface area contributed by atoms with Crippen LogP contribution in [0.4, 0.5) is 16.2 Å². The molecule has 0 radical (unpaired) electrons. The molecule has 2 aromatic heterocycles. The van der Waals surface area contributed by atoms with Crippen LogP contribution in [0.2, 0.25) is 0 Å². The number of benzene rings is 1. The van der Waals surface area contributed by atoms with E-state index in [1.54, 1.807) is 28.4 Å². The molecule has 8 nitrogen and oxygen atoms in total. The van der Waals surface area contributed by atoms with Gasteiger partial charge in [0.05, 0.1) is 9.80 Å². The van der Waals surface area contributed by atoms with E-state index in [-0.39, 0.29) is 17.5 Å². The molecule has 0 spiro atoms. The molecule has 0 bridgehead atoms. The quantitative estimate of drug-likeness (QED) is 0.221. The van der Waals surface area contributed by atoms with Gasteiger partial charge in [0.1, 0.15) is 11.3 Å². The standard InChI is InChI=1S/C25H27N3O5S2/c1-25(2,3)33-24(30)27-12-10-16(11-13-27)21-8-9-22(35-21)23(29)26-18-15-17(20-5-4-14-34-20)6-7-19(18)28(31)32/h4-10,14-15,23,26,29H,11-13H2,1-3H3. The number of nitro groups is 1. The minimum atomic E-state index is -1.10. The number of ether oxygens (including phenoxy) is 1. The number of anilines is 1. The molecule has 0 aliphatic carbocycles. The molecule has 1 aliphatic rings. The molecule has 2 N–H and O–H groups in total. The van der Waals surface area contributed by atoms with Gasteiger partial charge in [-0.1, -0.05) is 12.1 Å². The molecule has 35 heavy (non-hydrogen) atoms. The van der Waals surface area contributed by atoms with Gasteiger partial charge in [-0.15, -0.1) is 22.7 Å². The number of hydrogen-bond donors (Lipinski definition) is 2. The number of aliphatic hydroxyl groups excluding tert-OH is 1. The van der Waals surface area contributed by atoms with Crippen LogP contribution in [0.5, 0.6) is 0 Å². The number of carbonyl (C=O) groups is 1. The van der Waals surface area contributed by atoms with Gasteiger partial charge in [-0.05, 0) is 74.0 Å². The Morgan fingerprint density at radius 3 is 2.66 bits per heavy atom. The summed E-state index contributed by atoms with van der Waals surface area (Å²) in [7, 11) is 0. The normalized spacial score (nSPS) is 14.9. The Kier molecular flexibility index (Phi) is 7.25. The van der Waals surface area contributed by atoms with Crippen molar-refractivity contribution in [2.45, 2.75) is 39.0 Å². The van der Waals surface area contributed by atoms with Gasteiger partial charge in [-0.3, -0.25) is 10.1 Å². The van der Waals surface area contributed by atoms with E-state index in [0.29, 0.717) is 24.4 Å². The first kappa shape index (κ1) is 24.9. The molecular weight excluding hydrogens is 486 g/mol. The predicted octanol–water partition coefficient (Wildman–Crippen LogP) is 6.51. The number of nitro benzene ring substituents is 1. The second kappa shape index (κ2) is 10.2. The summed E-state index contributed by atoms with van der Waals surface area (Å²) in [5, 5.41) is 27.2. The minimum absolute atomic E-state index is 0.0987. The number of rotatable bonds is 6. The van der Waals surface area contributed by atoms with E-state index in [0.717, 1.165) is 20.9 Å². The van der Waals surface area contributed by atoms with Crippen LogP contribution in [0.25, 0.3) is 16.0 Å². The third kappa shape index (κ3) is 6.08. The van der Waals surface area contributed by atoms with E-state index in [4.69, 9.17) is 4.74 Å². The predicted molar refractivity (Wildman–Crippen MR) is 140 cm³/mol. The lowest BCUT2D eigenvalue weighted by atomic mass is 10.1. The molecule has 1 aromatic carbocycles. The third-order valence-electron chi connectivity index (χ3n) is 5.36. The van der Waals surface area contributed by atoms with Crippen molar-refractivity contribution < 1.29 is 19.6 Å². The van der Waals surface area contributed by atoms with Crippen LogP contribution in [0, 0.1) is 10.1 Å². The van der Waals surface area contributed by atoms with Crippen LogP contribution in [0.1, 0.15) is 43.2 Å². The molecule has 4 rings (SSSR count). The topological polar surface area (TPSA) is 105 Å². The van der Waals surface area contributed by atoms with Gasteiger partial charge in [0, 0.05) is 28.9 Å². The van der Waals surface area contributed by atoms with E-state index in [1.165, 1.54) is 17.4 Å². The van der Waals surface area contributed by atoms with Gasteiger partial charge in [0.2, 0.25) is 0 Å². The monoisotopic (exact) mass is 513 g/mol. The number of nitrogens with one attached hydrogen (secondary N) is 1. The van der Waals surface area contributed by atoms with E-state index >= 15 is 0 Å². The molecule has 3 heterocycles. The van der Waals surface area contributed by atoms with Gasteiger partial charge in [-0.25, -0.2) is 4.79 Å². The number of amides is 1.